The van der Waals surface area contributed by atoms with Crippen molar-refractivity contribution < 1.29 is 9.59 Å². The Morgan fingerprint density at radius 3 is 2.60 bits per heavy atom. The second-order valence-electron chi connectivity index (χ2n) is 1.99. The Hall–Kier alpha value is -1.06. The summed E-state index contributed by atoms with van der Waals surface area (Å²) in [5, 5.41) is 0. The van der Waals surface area contributed by atoms with Crippen molar-refractivity contribution in [3.05, 3.63) is 0 Å². The molecule has 0 aliphatic carbocycles. The van der Waals surface area contributed by atoms with Crippen molar-refractivity contribution >= 4 is 12.4 Å². The third-order valence-corrected chi connectivity index (χ3v) is 1.16. The Morgan fingerprint density at radius 2 is 2.30 bits per heavy atom. The Labute approximate surface area is 60.0 Å². The van der Waals surface area contributed by atoms with Gasteiger partial charge in [-0.3, -0.25) is 9.69 Å². The van der Waals surface area contributed by atoms with Gasteiger partial charge in [-0.2, -0.15) is 0 Å². The molecule has 10 heavy (non-hydrogen) atoms. The molecule has 0 aromatic rings. The number of imide groups is 1. The summed E-state index contributed by atoms with van der Waals surface area (Å²) >= 11 is 0. The summed E-state index contributed by atoms with van der Waals surface area (Å²) in [6.45, 7) is 2.40. The third kappa shape index (κ3) is 3.06. The van der Waals surface area contributed by atoms with E-state index >= 15 is 0 Å². The van der Waals surface area contributed by atoms with E-state index in [-0.39, 0.29) is 0 Å². The van der Waals surface area contributed by atoms with Crippen LogP contribution >= 0.6 is 0 Å². The van der Waals surface area contributed by atoms with Crippen LogP contribution < -0.4 is 5.73 Å². The number of hydrogen-bond donors (Lipinski definition) is 1. The van der Waals surface area contributed by atoms with E-state index in [1.807, 2.05) is 6.92 Å². The lowest BCUT2D eigenvalue weighted by atomic mass is 10.3. The highest BCUT2D eigenvalue weighted by Crippen LogP contribution is 1.90. The maximum Gasteiger partial charge on any atom is 0.321 e. The van der Waals surface area contributed by atoms with Gasteiger partial charge in [0.15, 0.2) is 0 Å². The average molecular weight is 144 g/mol. The molecule has 3 amide bonds. The van der Waals surface area contributed by atoms with Crippen molar-refractivity contribution in [1.82, 2.24) is 4.90 Å². The molecule has 2 N–H and O–H groups in total. The van der Waals surface area contributed by atoms with Crippen molar-refractivity contribution in [2.24, 2.45) is 5.73 Å². The molecule has 0 aromatic carbocycles. The minimum atomic E-state index is -0.677. The first kappa shape index (κ1) is 8.94. The fourth-order valence-corrected chi connectivity index (χ4v) is 0.543. The molecular weight excluding hydrogens is 132 g/mol. The third-order valence-electron chi connectivity index (χ3n) is 1.16. The number of hydrogen-bond acceptors (Lipinski definition) is 2. The zero-order valence-electron chi connectivity index (χ0n) is 6.04. The number of carbonyl (C=O) groups is 2. The summed E-state index contributed by atoms with van der Waals surface area (Å²) in [7, 11) is 0. The summed E-state index contributed by atoms with van der Waals surface area (Å²) in [6.07, 6.45) is 2.21. The Bertz CT molecular complexity index is 125. The molecule has 58 valence electrons. The van der Waals surface area contributed by atoms with Gasteiger partial charge in [0.25, 0.3) is 0 Å². The van der Waals surface area contributed by atoms with Crippen LogP contribution in [0.5, 0.6) is 0 Å². The van der Waals surface area contributed by atoms with Gasteiger partial charge in [-0.15, -0.1) is 0 Å². The molecule has 0 radical (unpaired) electrons. The fourth-order valence-electron chi connectivity index (χ4n) is 0.543. The van der Waals surface area contributed by atoms with Gasteiger partial charge in [0.1, 0.15) is 0 Å². The monoisotopic (exact) mass is 144 g/mol. The lowest BCUT2D eigenvalue weighted by Crippen LogP contribution is -2.35. The van der Waals surface area contributed by atoms with Crippen LogP contribution in [0.4, 0.5) is 4.79 Å². The summed E-state index contributed by atoms with van der Waals surface area (Å²) in [6, 6.07) is -0.677. The summed E-state index contributed by atoms with van der Waals surface area (Å²) in [4.78, 5) is 21.4. The van der Waals surface area contributed by atoms with Crippen LogP contribution in [0.1, 0.15) is 19.8 Å². The minimum absolute atomic E-state index is 0.426. The average Bonchev–Trinajstić information content (AvgIpc) is 1.89. The zero-order valence-corrected chi connectivity index (χ0v) is 6.04. The molecule has 0 atom stereocenters. The minimum Gasteiger partial charge on any atom is -0.351 e. The summed E-state index contributed by atoms with van der Waals surface area (Å²) in [5.41, 5.74) is 4.84. The summed E-state index contributed by atoms with van der Waals surface area (Å²) < 4.78 is 0. The van der Waals surface area contributed by atoms with Crippen LogP contribution in [0.15, 0.2) is 0 Å². The van der Waals surface area contributed by atoms with Crippen molar-refractivity contribution in [2.45, 2.75) is 19.8 Å². The van der Waals surface area contributed by atoms with Gasteiger partial charge in [0, 0.05) is 6.54 Å². The first-order valence-electron chi connectivity index (χ1n) is 3.23. The zero-order chi connectivity index (χ0) is 7.98. The molecule has 0 saturated carbocycles. The first-order chi connectivity index (χ1) is 4.72. The fraction of sp³-hybridized carbons (Fsp3) is 0.667. The van der Waals surface area contributed by atoms with Crippen molar-refractivity contribution in [3.63, 3.8) is 0 Å². The van der Waals surface area contributed by atoms with Gasteiger partial charge in [0.05, 0.1) is 0 Å². The molecule has 0 bridgehead atoms. The molecule has 0 aromatic heterocycles. The van der Waals surface area contributed by atoms with Gasteiger partial charge < -0.3 is 5.73 Å². The lowest BCUT2D eigenvalue weighted by molar-refractivity contribution is -0.115. The second kappa shape index (κ2) is 4.78. The normalized spacial score (nSPS) is 8.90. The molecule has 0 unspecified atom stereocenters. The molecule has 0 fully saturated rings. The van der Waals surface area contributed by atoms with Crippen LogP contribution in [0.2, 0.25) is 0 Å². The van der Waals surface area contributed by atoms with E-state index in [1.165, 1.54) is 0 Å². The van der Waals surface area contributed by atoms with Crippen molar-refractivity contribution in [3.8, 4) is 0 Å². The maximum absolute atomic E-state index is 10.4. The number of carbonyl (C=O) groups excluding carboxylic acids is 2. The van der Waals surface area contributed by atoms with E-state index in [9.17, 15) is 9.59 Å². The van der Waals surface area contributed by atoms with Crippen LogP contribution in [0.3, 0.4) is 0 Å². The van der Waals surface area contributed by atoms with E-state index in [0.717, 1.165) is 17.7 Å². The smallest absolute Gasteiger partial charge is 0.321 e. The molecular formula is C6H12N2O2. The van der Waals surface area contributed by atoms with Crippen LogP contribution in [-0.2, 0) is 4.79 Å². The number of rotatable bonds is 4. The second-order valence-corrected chi connectivity index (χ2v) is 1.99. The summed E-state index contributed by atoms with van der Waals surface area (Å²) in [5.74, 6) is 0. The predicted octanol–water partition coefficient (Wildman–Crippen LogP) is 0.324. The lowest BCUT2D eigenvalue weighted by Gasteiger charge is -2.10. The Kier molecular flexibility index (Phi) is 4.28. The molecule has 0 aliphatic rings. The number of urea groups is 1. The van der Waals surface area contributed by atoms with E-state index in [0.29, 0.717) is 13.0 Å². The molecule has 0 rings (SSSR count). The molecule has 4 nitrogen and oxygen atoms in total. The van der Waals surface area contributed by atoms with Crippen LogP contribution in [0, 0.1) is 0 Å². The molecule has 0 heterocycles. The van der Waals surface area contributed by atoms with Gasteiger partial charge >= 0.3 is 6.03 Å². The van der Waals surface area contributed by atoms with Crippen LogP contribution in [0.25, 0.3) is 0 Å². The van der Waals surface area contributed by atoms with E-state index in [1.54, 1.807) is 0 Å². The molecule has 0 spiro atoms. The Morgan fingerprint density at radius 1 is 1.70 bits per heavy atom. The topological polar surface area (TPSA) is 63.4 Å². The van der Waals surface area contributed by atoms with E-state index in [4.69, 9.17) is 5.73 Å². The number of nitrogens with zero attached hydrogens (tertiary/aromatic N) is 1. The number of unbranched alkanes of at least 4 members (excludes halogenated alkanes) is 1. The highest BCUT2D eigenvalue weighted by molar-refractivity contribution is 5.83. The molecule has 0 aliphatic heterocycles. The standard InChI is InChI=1S/C6H12N2O2/c1-2-3-4-8(5-9)6(7)10/h5H,2-4H2,1H3,(H2,7,10). The number of nitrogens with two attached hydrogens (primary N) is 1. The highest BCUT2D eigenvalue weighted by Gasteiger charge is 2.04. The van der Waals surface area contributed by atoms with Gasteiger partial charge in [-0.05, 0) is 6.42 Å². The number of primary amides is 1. The number of amides is 3. The van der Waals surface area contributed by atoms with Crippen molar-refractivity contribution in [1.29, 1.82) is 0 Å². The predicted molar refractivity (Wildman–Crippen MR) is 37.3 cm³/mol. The van der Waals surface area contributed by atoms with E-state index in [2.05, 4.69) is 0 Å². The SMILES string of the molecule is CCCCN(C=O)C(N)=O. The Balaban J connectivity index is 3.60. The van der Waals surface area contributed by atoms with Gasteiger partial charge in [0.2, 0.25) is 6.41 Å². The van der Waals surface area contributed by atoms with Gasteiger partial charge in [-0.25, -0.2) is 4.79 Å². The van der Waals surface area contributed by atoms with Gasteiger partial charge in [-0.1, -0.05) is 13.3 Å². The van der Waals surface area contributed by atoms with Crippen LogP contribution in [-0.4, -0.2) is 23.9 Å². The molecule has 4 heteroatoms. The maximum atomic E-state index is 10.4. The highest BCUT2D eigenvalue weighted by atomic mass is 16.2. The largest absolute Gasteiger partial charge is 0.351 e. The molecule has 0 saturated heterocycles. The van der Waals surface area contributed by atoms with E-state index < -0.39 is 6.03 Å². The van der Waals surface area contributed by atoms with Crippen molar-refractivity contribution in [2.75, 3.05) is 6.54 Å². The quantitative estimate of drug-likeness (QED) is 0.577. The first-order valence-corrected chi connectivity index (χ1v) is 3.23.